The molecule has 1 aliphatic rings. The summed E-state index contributed by atoms with van der Waals surface area (Å²) in [5.41, 5.74) is 4.82. The summed E-state index contributed by atoms with van der Waals surface area (Å²) in [5.74, 6) is 0.647. The predicted molar refractivity (Wildman–Crippen MR) is 69.7 cm³/mol. The van der Waals surface area contributed by atoms with E-state index in [0.717, 1.165) is 12.2 Å². The Hall–Kier alpha value is -1.98. The smallest absolute Gasteiger partial charge is 0.234 e. The van der Waals surface area contributed by atoms with Gasteiger partial charge in [0.15, 0.2) is 5.84 Å². The second kappa shape index (κ2) is 5.34. The molecule has 1 amide bonds. The first-order valence-corrected chi connectivity index (χ1v) is 6.40. The van der Waals surface area contributed by atoms with Gasteiger partial charge in [0, 0.05) is 12.5 Å². The zero-order valence-corrected chi connectivity index (χ0v) is 10.9. The number of hydrogen-bond acceptors (Lipinski definition) is 4. The van der Waals surface area contributed by atoms with Crippen molar-refractivity contribution in [3.05, 3.63) is 24.2 Å². The highest BCUT2D eigenvalue weighted by Crippen LogP contribution is 2.41. The standard InChI is InChI=1S/C13H19N3O3/c1-9(8-10-4-2-7-19-10)15-12(17)13(5-3-6-13)11(14)16-18/h2,4,7,9,18H,3,5-6,8H2,1H3,(H2,14,16)(H,15,17). The summed E-state index contributed by atoms with van der Waals surface area (Å²) in [5, 5.41) is 14.7. The van der Waals surface area contributed by atoms with Gasteiger partial charge >= 0.3 is 0 Å². The van der Waals surface area contributed by atoms with Gasteiger partial charge in [0.05, 0.1) is 6.26 Å². The van der Waals surface area contributed by atoms with E-state index in [4.69, 9.17) is 15.4 Å². The lowest BCUT2D eigenvalue weighted by Crippen LogP contribution is -2.55. The molecule has 0 bridgehead atoms. The van der Waals surface area contributed by atoms with Crippen molar-refractivity contribution < 1.29 is 14.4 Å². The minimum atomic E-state index is -0.827. The number of amides is 1. The van der Waals surface area contributed by atoms with Crippen LogP contribution in [0.4, 0.5) is 0 Å². The molecule has 1 fully saturated rings. The zero-order chi connectivity index (χ0) is 13.9. The average Bonchev–Trinajstić information content (AvgIpc) is 2.79. The number of rotatable bonds is 5. The number of oxime groups is 1. The van der Waals surface area contributed by atoms with Gasteiger partial charge in [0.1, 0.15) is 11.2 Å². The van der Waals surface area contributed by atoms with E-state index in [2.05, 4.69) is 10.5 Å². The largest absolute Gasteiger partial charge is 0.469 e. The lowest BCUT2D eigenvalue weighted by molar-refractivity contribution is -0.131. The van der Waals surface area contributed by atoms with E-state index in [0.29, 0.717) is 19.3 Å². The number of furan rings is 1. The van der Waals surface area contributed by atoms with Crippen LogP contribution in [0.3, 0.4) is 0 Å². The topological polar surface area (TPSA) is 101 Å². The summed E-state index contributed by atoms with van der Waals surface area (Å²) in [7, 11) is 0. The van der Waals surface area contributed by atoms with Crippen molar-refractivity contribution in [1.29, 1.82) is 0 Å². The predicted octanol–water partition coefficient (Wildman–Crippen LogP) is 1.24. The monoisotopic (exact) mass is 265 g/mol. The van der Waals surface area contributed by atoms with Gasteiger partial charge in [0.2, 0.25) is 5.91 Å². The summed E-state index contributed by atoms with van der Waals surface area (Å²) in [6.45, 7) is 1.90. The van der Waals surface area contributed by atoms with Gasteiger partial charge < -0.3 is 20.7 Å². The average molecular weight is 265 g/mol. The van der Waals surface area contributed by atoms with Gasteiger partial charge in [-0.3, -0.25) is 4.79 Å². The summed E-state index contributed by atoms with van der Waals surface area (Å²) < 4.78 is 5.24. The second-order valence-corrected chi connectivity index (χ2v) is 5.08. The van der Waals surface area contributed by atoms with Crippen LogP contribution >= 0.6 is 0 Å². The molecule has 0 spiro atoms. The third kappa shape index (κ3) is 2.57. The van der Waals surface area contributed by atoms with E-state index in [1.54, 1.807) is 6.26 Å². The van der Waals surface area contributed by atoms with E-state index < -0.39 is 5.41 Å². The van der Waals surface area contributed by atoms with Gasteiger partial charge in [-0.25, -0.2) is 0 Å². The van der Waals surface area contributed by atoms with E-state index >= 15 is 0 Å². The number of carbonyl (C=O) groups excluding carboxylic acids is 1. The molecular weight excluding hydrogens is 246 g/mol. The second-order valence-electron chi connectivity index (χ2n) is 5.08. The van der Waals surface area contributed by atoms with Crippen LogP contribution in [0, 0.1) is 5.41 Å². The van der Waals surface area contributed by atoms with Crippen molar-refractivity contribution in [1.82, 2.24) is 5.32 Å². The normalized spacial score (nSPS) is 19.5. The lowest BCUT2D eigenvalue weighted by atomic mass is 9.67. The molecule has 104 valence electrons. The number of carbonyl (C=O) groups is 1. The molecule has 4 N–H and O–H groups in total. The van der Waals surface area contributed by atoms with Crippen LogP contribution in [0.5, 0.6) is 0 Å². The summed E-state index contributed by atoms with van der Waals surface area (Å²) >= 11 is 0. The Morgan fingerprint density at radius 2 is 2.42 bits per heavy atom. The number of hydrogen-bond donors (Lipinski definition) is 3. The highest BCUT2D eigenvalue weighted by molar-refractivity contribution is 6.07. The first-order valence-electron chi connectivity index (χ1n) is 6.40. The van der Waals surface area contributed by atoms with E-state index in [1.165, 1.54) is 0 Å². The van der Waals surface area contributed by atoms with Crippen LogP contribution in [0.1, 0.15) is 31.9 Å². The molecule has 1 saturated carbocycles. The Bertz CT molecular complexity index is 463. The maximum atomic E-state index is 12.3. The van der Waals surface area contributed by atoms with Crippen molar-refractivity contribution in [2.24, 2.45) is 16.3 Å². The Kier molecular flexibility index (Phi) is 3.78. The fourth-order valence-electron chi connectivity index (χ4n) is 2.37. The van der Waals surface area contributed by atoms with E-state index in [-0.39, 0.29) is 17.8 Å². The minimum absolute atomic E-state index is 0.00134. The molecule has 0 saturated heterocycles. The number of nitrogens with one attached hydrogen (secondary N) is 1. The molecule has 1 aromatic rings. The SMILES string of the molecule is CC(Cc1ccco1)NC(=O)C1(/C(N)=N/O)CCC1. The van der Waals surface area contributed by atoms with E-state index in [1.807, 2.05) is 19.1 Å². The highest BCUT2D eigenvalue weighted by Gasteiger charge is 2.48. The van der Waals surface area contributed by atoms with Crippen molar-refractivity contribution in [3.63, 3.8) is 0 Å². The van der Waals surface area contributed by atoms with Crippen LogP contribution in [0.15, 0.2) is 28.0 Å². The Balaban J connectivity index is 1.96. The molecule has 1 unspecified atom stereocenters. The maximum absolute atomic E-state index is 12.3. The van der Waals surface area contributed by atoms with Crippen LogP contribution in [-0.4, -0.2) is 23.0 Å². The molecule has 0 aromatic carbocycles. The first-order chi connectivity index (χ1) is 9.08. The molecule has 0 aliphatic heterocycles. The minimum Gasteiger partial charge on any atom is -0.469 e. The van der Waals surface area contributed by atoms with Crippen LogP contribution < -0.4 is 11.1 Å². The summed E-state index contributed by atoms with van der Waals surface area (Å²) in [6.07, 6.45) is 4.39. The molecule has 6 heteroatoms. The van der Waals surface area contributed by atoms with Gasteiger partial charge in [-0.05, 0) is 31.9 Å². The molecule has 6 nitrogen and oxygen atoms in total. The first kappa shape index (κ1) is 13.5. The van der Waals surface area contributed by atoms with Gasteiger partial charge in [-0.2, -0.15) is 0 Å². The Labute approximate surface area is 111 Å². The molecule has 0 radical (unpaired) electrons. The maximum Gasteiger partial charge on any atom is 0.234 e. The van der Waals surface area contributed by atoms with Crippen LogP contribution in [-0.2, 0) is 11.2 Å². The molecule has 1 atom stereocenters. The molecule has 1 aliphatic carbocycles. The number of nitrogens with two attached hydrogens (primary N) is 1. The van der Waals surface area contributed by atoms with Crippen LogP contribution in [0.25, 0.3) is 0 Å². The quantitative estimate of drug-likeness (QED) is 0.323. The highest BCUT2D eigenvalue weighted by atomic mass is 16.4. The van der Waals surface area contributed by atoms with Gasteiger partial charge in [-0.1, -0.05) is 11.6 Å². The zero-order valence-electron chi connectivity index (χ0n) is 10.9. The molecule has 2 rings (SSSR count). The van der Waals surface area contributed by atoms with Crippen molar-refractivity contribution in [2.75, 3.05) is 0 Å². The summed E-state index contributed by atoms with van der Waals surface area (Å²) in [6, 6.07) is 3.61. The third-order valence-electron chi connectivity index (χ3n) is 3.70. The molecular formula is C13H19N3O3. The molecule has 19 heavy (non-hydrogen) atoms. The van der Waals surface area contributed by atoms with Crippen molar-refractivity contribution in [3.8, 4) is 0 Å². The fraction of sp³-hybridized carbons (Fsp3) is 0.538. The van der Waals surface area contributed by atoms with Crippen molar-refractivity contribution >= 4 is 11.7 Å². The number of amidine groups is 1. The summed E-state index contributed by atoms with van der Waals surface area (Å²) in [4.78, 5) is 12.3. The van der Waals surface area contributed by atoms with Gasteiger partial charge in [0.25, 0.3) is 0 Å². The fourth-order valence-corrected chi connectivity index (χ4v) is 2.37. The lowest BCUT2D eigenvalue weighted by Gasteiger charge is -2.39. The molecule has 1 aromatic heterocycles. The van der Waals surface area contributed by atoms with Gasteiger partial charge in [-0.15, -0.1) is 0 Å². The van der Waals surface area contributed by atoms with Crippen LogP contribution in [0.2, 0.25) is 0 Å². The third-order valence-corrected chi connectivity index (χ3v) is 3.70. The number of nitrogens with zero attached hydrogens (tertiary/aromatic N) is 1. The Morgan fingerprint density at radius 3 is 2.89 bits per heavy atom. The van der Waals surface area contributed by atoms with E-state index in [9.17, 15) is 4.79 Å². The Morgan fingerprint density at radius 1 is 1.68 bits per heavy atom. The molecule has 1 heterocycles. The van der Waals surface area contributed by atoms with Crippen molar-refractivity contribution in [2.45, 2.75) is 38.6 Å².